The Balaban J connectivity index is 1.45. The van der Waals surface area contributed by atoms with E-state index in [1.165, 1.54) is 57.1 Å². The molecular weight excluding hydrogens is 411 g/mol. The van der Waals surface area contributed by atoms with E-state index in [-0.39, 0.29) is 5.82 Å². The fourth-order valence-corrected chi connectivity index (χ4v) is 4.43. The number of benzene rings is 1. The Hall–Kier alpha value is -2.22. The Labute approximate surface area is 188 Å². The highest BCUT2D eigenvalue weighted by Gasteiger charge is 2.14. The van der Waals surface area contributed by atoms with E-state index in [0.717, 1.165) is 41.7 Å². The molecule has 0 atom stereocenters. The van der Waals surface area contributed by atoms with Crippen molar-refractivity contribution in [2.45, 2.75) is 89.2 Å². The van der Waals surface area contributed by atoms with E-state index in [0.29, 0.717) is 5.75 Å². The van der Waals surface area contributed by atoms with Crippen LogP contribution in [0.2, 0.25) is 0 Å². The quantitative estimate of drug-likeness (QED) is 0.221. The number of rotatable bonds is 14. The van der Waals surface area contributed by atoms with Crippen molar-refractivity contribution >= 4 is 11.8 Å². The van der Waals surface area contributed by atoms with Gasteiger partial charge in [-0.1, -0.05) is 68.8 Å². The van der Waals surface area contributed by atoms with Crippen molar-refractivity contribution < 1.29 is 4.39 Å². The third kappa shape index (κ3) is 7.16. The summed E-state index contributed by atoms with van der Waals surface area (Å²) in [6, 6.07) is 6.36. The van der Waals surface area contributed by atoms with Crippen LogP contribution < -0.4 is 0 Å². The standard InChI is InChI=1S/C23H33FN6S/c1-3-5-6-7-8-9-10-11-16-29-17-21(25-28-29)18-31-23-27-26-22(30(23)4-2)19-12-14-20(24)15-13-19/h12-15,17H,3-11,16,18H2,1-2H3. The van der Waals surface area contributed by atoms with Gasteiger partial charge in [-0.3, -0.25) is 4.68 Å². The molecule has 1 aromatic carbocycles. The van der Waals surface area contributed by atoms with Crippen molar-refractivity contribution in [2.24, 2.45) is 0 Å². The number of thioether (sulfide) groups is 1. The molecule has 31 heavy (non-hydrogen) atoms. The lowest BCUT2D eigenvalue weighted by Gasteiger charge is -2.06. The van der Waals surface area contributed by atoms with Gasteiger partial charge in [0.05, 0.1) is 5.69 Å². The Morgan fingerprint density at radius 3 is 2.29 bits per heavy atom. The molecule has 0 radical (unpaired) electrons. The molecule has 0 spiro atoms. The molecule has 0 aliphatic carbocycles. The minimum absolute atomic E-state index is 0.254. The van der Waals surface area contributed by atoms with Crippen LogP contribution in [-0.2, 0) is 18.8 Å². The second-order valence-electron chi connectivity index (χ2n) is 7.79. The Morgan fingerprint density at radius 1 is 0.871 bits per heavy atom. The highest BCUT2D eigenvalue weighted by molar-refractivity contribution is 7.98. The summed E-state index contributed by atoms with van der Waals surface area (Å²) < 4.78 is 17.2. The molecule has 2 heterocycles. The molecule has 0 aliphatic rings. The Morgan fingerprint density at radius 2 is 1.58 bits per heavy atom. The molecule has 0 saturated heterocycles. The monoisotopic (exact) mass is 444 g/mol. The maximum Gasteiger partial charge on any atom is 0.191 e. The van der Waals surface area contributed by atoms with E-state index in [1.807, 2.05) is 15.4 Å². The van der Waals surface area contributed by atoms with Crippen LogP contribution in [-0.4, -0.2) is 29.8 Å². The molecule has 6 nitrogen and oxygen atoms in total. The first-order valence-electron chi connectivity index (χ1n) is 11.4. The predicted molar refractivity (Wildman–Crippen MR) is 123 cm³/mol. The fourth-order valence-electron chi connectivity index (χ4n) is 3.55. The lowest BCUT2D eigenvalue weighted by atomic mass is 10.1. The van der Waals surface area contributed by atoms with Gasteiger partial charge in [-0.25, -0.2) is 4.39 Å². The second kappa shape index (κ2) is 12.6. The van der Waals surface area contributed by atoms with Gasteiger partial charge >= 0.3 is 0 Å². The lowest BCUT2D eigenvalue weighted by molar-refractivity contribution is 0.511. The summed E-state index contributed by atoms with van der Waals surface area (Å²) in [6.07, 6.45) is 12.5. The maximum atomic E-state index is 13.2. The summed E-state index contributed by atoms with van der Waals surface area (Å²) >= 11 is 1.60. The Kier molecular flexibility index (Phi) is 9.52. The fraction of sp³-hybridized carbons (Fsp3) is 0.565. The largest absolute Gasteiger partial charge is 0.302 e. The molecule has 0 N–H and O–H groups in total. The van der Waals surface area contributed by atoms with E-state index in [1.54, 1.807) is 23.9 Å². The molecule has 3 rings (SSSR count). The molecular formula is C23H33FN6S. The van der Waals surface area contributed by atoms with Crippen LogP contribution >= 0.6 is 11.8 Å². The summed E-state index contributed by atoms with van der Waals surface area (Å²) in [7, 11) is 0. The number of hydrogen-bond donors (Lipinski definition) is 0. The molecule has 3 aromatic rings. The first-order chi connectivity index (χ1) is 15.2. The van der Waals surface area contributed by atoms with Crippen LogP contribution in [0.3, 0.4) is 0 Å². The number of unbranched alkanes of at least 4 members (excludes halogenated alkanes) is 7. The molecule has 0 amide bonds. The van der Waals surface area contributed by atoms with Gasteiger partial charge in [-0.05, 0) is 37.6 Å². The van der Waals surface area contributed by atoms with Crippen molar-refractivity contribution in [1.29, 1.82) is 0 Å². The van der Waals surface area contributed by atoms with Gasteiger partial charge in [-0.15, -0.1) is 15.3 Å². The summed E-state index contributed by atoms with van der Waals surface area (Å²) in [6.45, 7) is 5.98. The van der Waals surface area contributed by atoms with Crippen LogP contribution in [0, 0.1) is 5.82 Å². The van der Waals surface area contributed by atoms with Crippen LogP contribution in [0.15, 0.2) is 35.6 Å². The van der Waals surface area contributed by atoms with Gasteiger partial charge in [0.25, 0.3) is 0 Å². The molecule has 0 aliphatic heterocycles. The van der Waals surface area contributed by atoms with Crippen LogP contribution in [0.1, 0.15) is 70.9 Å². The highest BCUT2D eigenvalue weighted by atomic mass is 32.2. The van der Waals surface area contributed by atoms with Gasteiger partial charge in [-0.2, -0.15) is 0 Å². The summed E-state index contributed by atoms with van der Waals surface area (Å²) in [4.78, 5) is 0. The maximum absolute atomic E-state index is 13.2. The smallest absolute Gasteiger partial charge is 0.191 e. The van der Waals surface area contributed by atoms with E-state index < -0.39 is 0 Å². The van der Waals surface area contributed by atoms with Gasteiger partial charge in [0.1, 0.15) is 5.82 Å². The number of aryl methyl sites for hydroxylation is 1. The molecule has 0 bridgehead atoms. The summed E-state index contributed by atoms with van der Waals surface area (Å²) in [5.74, 6) is 1.19. The van der Waals surface area contributed by atoms with Crippen molar-refractivity contribution in [1.82, 2.24) is 29.8 Å². The molecule has 8 heteroatoms. The van der Waals surface area contributed by atoms with Crippen molar-refractivity contribution in [2.75, 3.05) is 0 Å². The third-order valence-corrected chi connectivity index (χ3v) is 6.31. The van der Waals surface area contributed by atoms with Gasteiger partial charge in [0.15, 0.2) is 11.0 Å². The zero-order valence-corrected chi connectivity index (χ0v) is 19.5. The zero-order valence-electron chi connectivity index (χ0n) is 18.6. The van der Waals surface area contributed by atoms with Crippen molar-refractivity contribution in [3.8, 4) is 11.4 Å². The van der Waals surface area contributed by atoms with Gasteiger partial charge < -0.3 is 4.57 Å². The number of aromatic nitrogens is 6. The predicted octanol–water partition coefficient (Wildman–Crippen LogP) is 6.13. The van der Waals surface area contributed by atoms with Gasteiger partial charge in [0.2, 0.25) is 0 Å². The molecule has 2 aromatic heterocycles. The molecule has 0 fully saturated rings. The van der Waals surface area contributed by atoms with Crippen LogP contribution in [0.25, 0.3) is 11.4 Å². The normalized spacial score (nSPS) is 11.3. The topological polar surface area (TPSA) is 61.4 Å². The minimum Gasteiger partial charge on any atom is -0.302 e. The molecule has 0 saturated carbocycles. The number of halogens is 1. The molecule has 168 valence electrons. The summed E-state index contributed by atoms with van der Waals surface area (Å²) in [5, 5.41) is 18.0. The third-order valence-electron chi connectivity index (χ3n) is 5.31. The first kappa shape index (κ1) is 23.4. The van der Waals surface area contributed by atoms with Crippen LogP contribution in [0.5, 0.6) is 0 Å². The minimum atomic E-state index is -0.254. The van der Waals surface area contributed by atoms with E-state index in [2.05, 4.69) is 34.4 Å². The van der Waals surface area contributed by atoms with Crippen molar-refractivity contribution in [3.05, 3.63) is 42.0 Å². The first-order valence-corrected chi connectivity index (χ1v) is 12.4. The average Bonchev–Trinajstić information content (AvgIpc) is 3.41. The van der Waals surface area contributed by atoms with E-state index in [9.17, 15) is 4.39 Å². The Bertz CT molecular complexity index is 905. The average molecular weight is 445 g/mol. The highest BCUT2D eigenvalue weighted by Crippen LogP contribution is 2.26. The van der Waals surface area contributed by atoms with E-state index in [4.69, 9.17) is 0 Å². The zero-order chi connectivity index (χ0) is 21.9. The second-order valence-corrected chi connectivity index (χ2v) is 8.74. The number of hydrogen-bond acceptors (Lipinski definition) is 5. The van der Waals surface area contributed by atoms with Gasteiger partial charge in [0, 0.05) is 30.6 Å². The summed E-state index contributed by atoms with van der Waals surface area (Å²) in [5.41, 5.74) is 1.80. The number of nitrogens with zero attached hydrogens (tertiary/aromatic N) is 6. The molecule has 0 unspecified atom stereocenters. The van der Waals surface area contributed by atoms with Crippen LogP contribution in [0.4, 0.5) is 4.39 Å². The SMILES string of the molecule is CCCCCCCCCCn1cc(CSc2nnc(-c3ccc(F)cc3)n2CC)nn1. The van der Waals surface area contributed by atoms with Crippen molar-refractivity contribution in [3.63, 3.8) is 0 Å². The van der Waals surface area contributed by atoms with E-state index >= 15 is 0 Å². The lowest BCUT2D eigenvalue weighted by Crippen LogP contribution is -2.00.